The van der Waals surface area contributed by atoms with Crippen LogP contribution in [0.3, 0.4) is 0 Å². The van der Waals surface area contributed by atoms with Crippen molar-refractivity contribution in [3.63, 3.8) is 0 Å². The molecular weight excluding hydrogens is 376 g/mol. The van der Waals surface area contributed by atoms with E-state index in [4.69, 9.17) is 14.2 Å². The van der Waals surface area contributed by atoms with Crippen molar-refractivity contribution in [1.29, 1.82) is 0 Å². The summed E-state index contributed by atoms with van der Waals surface area (Å²) in [6.45, 7) is 10.4. The van der Waals surface area contributed by atoms with Gasteiger partial charge in [0.2, 0.25) is 0 Å². The molecule has 164 valence electrons. The molecule has 2 saturated carbocycles. The smallest absolute Gasteiger partial charge is 0.338 e. The third-order valence-corrected chi connectivity index (χ3v) is 6.60. The summed E-state index contributed by atoms with van der Waals surface area (Å²) < 4.78 is 17.2. The molecule has 0 radical (unpaired) electrons. The molecule has 0 bridgehead atoms. The van der Waals surface area contributed by atoms with E-state index in [1.807, 2.05) is 25.1 Å². The van der Waals surface area contributed by atoms with Gasteiger partial charge in [-0.3, -0.25) is 0 Å². The summed E-state index contributed by atoms with van der Waals surface area (Å²) in [5.74, 6) is 2.12. The van der Waals surface area contributed by atoms with Crippen LogP contribution in [-0.2, 0) is 9.47 Å². The summed E-state index contributed by atoms with van der Waals surface area (Å²) in [5, 5.41) is 0. The maximum absolute atomic E-state index is 12.6. The third kappa shape index (κ3) is 6.21. The fourth-order valence-corrected chi connectivity index (χ4v) is 4.92. The van der Waals surface area contributed by atoms with Crippen LogP contribution in [0.4, 0.5) is 0 Å². The molecule has 4 nitrogen and oxygen atoms in total. The molecule has 2 aliphatic rings. The van der Waals surface area contributed by atoms with Gasteiger partial charge in [-0.25, -0.2) is 4.79 Å². The lowest BCUT2D eigenvalue weighted by molar-refractivity contribution is 0.000887. The molecule has 2 aliphatic carbocycles. The van der Waals surface area contributed by atoms with Crippen molar-refractivity contribution in [2.45, 2.75) is 70.5 Å². The Labute approximate surface area is 181 Å². The van der Waals surface area contributed by atoms with E-state index in [2.05, 4.69) is 13.2 Å². The largest absolute Gasteiger partial charge is 0.489 e. The molecule has 4 heteroatoms. The first-order chi connectivity index (χ1) is 14.6. The molecular formula is C26H36O4. The van der Waals surface area contributed by atoms with Gasteiger partial charge in [0.1, 0.15) is 18.5 Å². The maximum Gasteiger partial charge on any atom is 0.338 e. The second kappa shape index (κ2) is 11.4. The fraction of sp³-hybridized carbons (Fsp3) is 0.577. The Morgan fingerprint density at radius 3 is 2.10 bits per heavy atom. The number of esters is 1. The molecule has 0 atom stereocenters. The number of benzene rings is 1. The number of carbonyl (C=O) groups excluding carboxylic acids is 1. The predicted octanol–water partition coefficient (Wildman–Crippen LogP) is 6.04. The summed E-state index contributed by atoms with van der Waals surface area (Å²) in [6, 6.07) is 5.47. The van der Waals surface area contributed by atoms with Crippen LogP contribution in [0.1, 0.15) is 67.3 Å². The van der Waals surface area contributed by atoms with Crippen molar-refractivity contribution < 1.29 is 19.0 Å². The minimum Gasteiger partial charge on any atom is -0.489 e. The number of ether oxygens (including phenoxy) is 3. The molecule has 2 fully saturated rings. The van der Waals surface area contributed by atoms with Gasteiger partial charge in [0.05, 0.1) is 18.3 Å². The maximum atomic E-state index is 12.6. The van der Waals surface area contributed by atoms with Gasteiger partial charge < -0.3 is 14.2 Å². The van der Waals surface area contributed by atoms with E-state index >= 15 is 0 Å². The fourth-order valence-electron chi connectivity index (χ4n) is 4.92. The summed E-state index contributed by atoms with van der Waals surface area (Å²) in [7, 11) is 0. The molecule has 0 heterocycles. The summed E-state index contributed by atoms with van der Waals surface area (Å²) >= 11 is 0. The average molecular weight is 413 g/mol. The lowest BCUT2D eigenvalue weighted by Crippen LogP contribution is -2.31. The minimum atomic E-state index is -0.225. The molecule has 30 heavy (non-hydrogen) atoms. The molecule has 0 saturated heterocycles. The first-order valence-electron chi connectivity index (χ1n) is 11.4. The average Bonchev–Trinajstić information content (AvgIpc) is 2.77. The van der Waals surface area contributed by atoms with Crippen LogP contribution < -0.4 is 4.74 Å². The van der Waals surface area contributed by atoms with E-state index in [9.17, 15) is 4.79 Å². The Morgan fingerprint density at radius 2 is 1.53 bits per heavy atom. The monoisotopic (exact) mass is 412 g/mol. The highest BCUT2D eigenvalue weighted by Crippen LogP contribution is 2.39. The first-order valence-corrected chi connectivity index (χ1v) is 11.4. The van der Waals surface area contributed by atoms with Gasteiger partial charge >= 0.3 is 5.97 Å². The van der Waals surface area contributed by atoms with Gasteiger partial charge in [0.15, 0.2) is 0 Å². The SMILES string of the molecule is C=CCOc1ccc(C(=O)OC2CCC(C3CCC(OCC=C)CC3)CC2)cc1C. The van der Waals surface area contributed by atoms with Crippen LogP contribution >= 0.6 is 0 Å². The van der Waals surface area contributed by atoms with Crippen molar-refractivity contribution in [2.75, 3.05) is 13.2 Å². The summed E-state index contributed by atoms with van der Waals surface area (Å²) in [6.07, 6.45) is 13.1. The number of aryl methyl sites for hydroxylation is 1. The Bertz CT molecular complexity index is 710. The first kappa shape index (κ1) is 22.6. The Kier molecular flexibility index (Phi) is 8.56. The zero-order valence-corrected chi connectivity index (χ0v) is 18.3. The van der Waals surface area contributed by atoms with E-state index < -0.39 is 0 Å². The molecule has 0 N–H and O–H groups in total. The van der Waals surface area contributed by atoms with Gasteiger partial charge in [-0.05, 0) is 93.9 Å². The predicted molar refractivity (Wildman–Crippen MR) is 120 cm³/mol. The highest BCUT2D eigenvalue weighted by atomic mass is 16.5. The Hall–Kier alpha value is -2.07. The van der Waals surface area contributed by atoms with E-state index in [-0.39, 0.29) is 12.1 Å². The quantitative estimate of drug-likeness (QED) is 0.366. The van der Waals surface area contributed by atoms with Crippen LogP contribution in [0, 0.1) is 18.8 Å². The van der Waals surface area contributed by atoms with Crippen molar-refractivity contribution >= 4 is 5.97 Å². The zero-order valence-electron chi connectivity index (χ0n) is 18.3. The number of rotatable bonds is 9. The normalized spacial score (nSPS) is 26.6. The number of hydrogen-bond donors (Lipinski definition) is 0. The lowest BCUT2D eigenvalue weighted by Gasteiger charge is -2.37. The van der Waals surface area contributed by atoms with Crippen LogP contribution in [0.2, 0.25) is 0 Å². The lowest BCUT2D eigenvalue weighted by atomic mass is 9.72. The second-order valence-electron chi connectivity index (χ2n) is 8.68. The van der Waals surface area contributed by atoms with E-state index in [1.54, 1.807) is 12.1 Å². The van der Waals surface area contributed by atoms with E-state index in [1.165, 1.54) is 25.7 Å². The molecule has 0 unspecified atom stereocenters. The molecule has 3 rings (SSSR count). The Morgan fingerprint density at radius 1 is 0.933 bits per heavy atom. The van der Waals surface area contributed by atoms with Crippen molar-refractivity contribution in [3.05, 3.63) is 54.6 Å². The van der Waals surface area contributed by atoms with Gasteiger partial charge in [-0.2, -0.15) is 0 Å². The molecule has 0 aliphatic heterocycles. The van der Waals surface area contributed by atoms with Crippen molar-refractivity contribution in [3.8, 4) is 5.75 Å². The van der Waals surface area contributed by atoms with Gasteiger partial charge in [0.25, 0.3) is 0 Å². The Balaban J connectivity index is 1.42. The standard InChI is InChI=1S/C26H36O4/c1-4-16-28-23-11-6-20(7-12-23)21-8-13-24(14-9-21)30-26(27)22-10-15-25(19(3)18-22)29-17-5-2/h4-5,10,15,18,20-21,23-24H,1-2,6-9,11-14,16-17H2,3H3. The highest BCUT2D eigenvalue weighted by molar-refractivity contribution is 5.90. The van der Waals surface area contributed by atoms with Crippen LogP contribution in [0.15, 0.2) is 43.5 Å². The molecule has 1 aromatic carbocycles. The molecule has 1 aromatic rings. The minimum absolute atomic E-state index is 0.0398. The van der Waals surface area contributed by atoms with Crippen molar-refractivity contribution in [2.24, 2.45) is 11.8 Å². The molecule has 0 spiro atoms. The van der Waals surface area contributed by atoms with E-state index in [0.29, 0.717) is 24.9 Å². The zero-order chi connectivity index (χ0) is 21.3. The van der Waals surface area contributed by atoms with Crippen LogP contribution in [0.25, 0.3) is 0 Å². The van der Waals surface area contributed by atoms with Gasteiger partial charge in [-0.15, -0.1) is 6.58 Å². The number of carbonyl (C=O) groups is 1. The summed E-state index contributed by atoms with van der Waals surface area (Å²) in [4.78, 5) is 12.6. The second-order valence-corrected chi connectivity index (χ2v) is 8.68. The third-order valence-electron chi connectivity index (χ3n) is 6.60. The highest BCUT2D eigenvalue weighted by Gasteiger charge is 2.32. The van der Waals surface area contributed by atoms with Gasteiger partial charge in [0, 0.05) is 0 Å². The molecule has 0 aromatic heterocycles. The van der Waals surface area contributed by atoms with Gasteiger partial charge in [-0.1, -0.05) is 18.7 Å². The summed E-state index contributed by atoms with van der Waals surface area (Å²) in [5.41, 5.74) is 1.53. The van der Waals surface area contributed by atoms with E-state index in [0.717, 1.165) is 48.8 Å². The van der Waals surface area contributed by atoms with Crippen molar-refractivity contribution in [1.82, 2.24) is 0 Å². The molecule has 0 amide bonds. The van der Waals surface area contributed by atoms with Crippen LogP contribution in [-0.4, -0.2) is 31.4 Å². The number of hydrogen-bond acceptors (Lipinski definition) is 4. The topological polar surface area (TPSA) is 44.8 Å². The van der Waals surface area contributed by atoms with Crippen LogP contribution in [0.5, 0.6) is 5.75 Å².